The van der Waals surface area contributed by atoms with E-state index in [1.807, 2.05) is 12.1 Å². The van der Waals surface area contributed by atoms with Crippen molar-refractivity contribution in [3.8, 4) is 12.1 Å². The Morgan fingerprint density at radius 2 is 2.10 bits per heavy atom. The molecule has 10 heavy (non-hydrogen) atoms. The van der Waals surface area contributed by atoms with Crippen molar-refractivity contribution in [2.45, 2.75) is 6.42 Å². The first-order valence-corrected chi connectivity index (χ1v) is 2.90. The second-order valence-electron chi connectivity index (χ2n) is 1.98. The zero-order chi connectivity index (χ0) is 7.40. The highest BCUT2D eigenvalue weighted by Gasteiger charge is 2.09. The van der Waals surface area contributed by atoms with Crippen LogP contribution in [0.1, 0.15) is 6.42 Å². The van der Waals surface area contributed by atoms with Gasteiger partial charge in [-0.15, -0.1) is 0 Å². The van der Waals surface area contributed by atoms with Gasteiger partial charge in [-0.1, -0.05) is 12.2 Å². The van der Waals surface area contributed by atoms with E-state index in [2.05, 4.69) is 0 Å². The molecule has 0 saturated heterocycles. The van der Waals surface area contributed by atoms with Crippen LogP contribution in [0.3, 0.4) is 0 Å². The Balaban J connectivity index is 2.72. The molecule has 0 fully saturated rings. The highest BCUT2D eigenvalue weighted by molar-refractivity contribution is 5.42. The van der Waals surface area contributed by atoms with Crippen LogP contribution in [0.15, 0.2) is 23.8 Å². The lowest BCUT2D eigenvalue weighted by atomic mass is 9.97. The standard InChI is InChI=1S/C8H5N2/c9-5-7-2-1-3-8(4-7)6-10/h1-3H,4H2. The first-order valence-electron chi connectivity index (χ1n) is 2.90. The van der Waals surface area contributed by atoms with Crippen LogP contribution < -0.4 is 0 Å². The maximum atomic E-state index is 8.43. The lowest BCUT2D eigenvalue weighted by Crippen LogP contribution is -1.94. The molecule has 0 aliphatic heterocycles. The summed E-state index contributed by atoms with van der Waals surface area (Å²) in [7, 11) is 0. The van der Waals surface area contributed by atoms with Gasteiger partial charge in [-0.25, -0.2) is 0 Å². The third-order valence-corrected chi connectivity index (χ3v) is 1.26. The fourth-order valence-electron chi connectivity index (χ4n) is 0.757. The number of hydrogen-bond donors (Lipinski definition) is 0. The average molecular weight is 129 g/mol. The van der Waals surface area contributed by atoms with Crippen molar-refractivity contribution in [2.24, 2.45) is 0 Å². The van der Waals surface area contributed by atoms with Crippen molar-refractivity contribution in [1.29, 1.82) is 10.5 Å². The van der Waals surface area contributed by atoms with E-state index in [9.17, 15) is 0 Å². The molecule has 2 heteroatoms. The Morgan fingerprint density at radius 3 is 2.70 bits per heavy atom. The van der Waals surface area contributed by atoms with Gasteiger partial charge >= 0.3 is 0 Å². The summed E-state index contributed by atoms with van der Waals surface area (Å²) < 4.78 is 0. The van der Waals surface area contributed by atoms with Gasteiger partial charge in [0.05, 0.1) is 12.1 Å². The SMILES string of the molecule is N#C[C]1C=CC=C(C#N)C1. The number of nitriles is 2. The predicted molar refractivity (Wildman–Crippen MR) is 36.3 cm³/mol. The van der Waals surface area contributed by atoms with Gasteiger partial charge in [0, 0.05) is 12.0 Å². The third kappa shape index (κ3) is 1.24. The Kier molecular flexibility index (Phi) is 1.87. The fourth-order valence-corrected chi connectivity index (χ4v) is 0.757. The molecule has 0 saturated carbocycles. The molecule has 1 aliphatic rings. The van der Waals surface area contributed by atoms with Crippen molar-refractivity contribution in [3.63, 3.8) is 0 Å². The molecule has 0 aromatic rings. The fraction of sp³-hybridized carbons (Fsp3) is 0.125. The van der Waals surface area contributed by atoms with Crippen LogP contribution in [0, 0.1) is 28.6 Å². The van der Waals surface area contributed by atoms with E-state index in [0.29, 0.717) is 17.9 Å². The summed E-state index contributed by atoms with van der Waals surface area (Å²) in [4.78, 5) is 0. The largest absolute Gasteiger partial charge is 0.197 e. The van der Waals surface area contributed by atoms with Gasteiger partial charge in [-0.2, -0.15) is 10.5 Å². The van der Waals surface area contributed by atoms with Gasteiger partial charge < -0.3 is 0 Å². The molecule has 2 nitrogen and oxygen atoms in total. The van der Waals surface area contributed by atoms with Gasteiger partial charge in [0.15, 0.2) is 0 Å². The quantitative estimate of drug-likeness (QED) is 0.497. The summed E-state index contributed by atoms with van der Waals surface area (Å²) in [5.41, 5.74) is 0.652. The van der Waals surface area contributed by atoms with Crippen LogP contribution in [-0.2, 0) is 0 Å². The Bertz CT molecular complexity index is 260. The van der Waals surface area contributed by atoms with Crippen molar-refractivity contribution >= 4 is 0 Å². The minimum Gasteiger partial charge on any atom is -0.197 e. The second-order valence-corrected chi connectivity index (χ2v) is 1.98. The number of rotatable bonds is 0. The third-order valence-electron chi connectivity index (χ3n) is 1.26. The monoisotopic (exact) mass is 129 g/mol. The highest BCUT2D eigenvalue weighted by Crippen LogP contribution is 2.18. The zero-order valence-electron chi connectivity index (χ0n) is 5.33. The van der Waals surface area contributed by atoms with E-state index >= 15 is 0 Å². The van der Waals surface area contributed by atoms with Crippen molar-refractivity contribution in [3.05, 3.63) is 29.7 Å². The van der Waals surface area contributed by atoms with Crippen LogP contribution in [0.5, 0.6) is 0 Å². The maximum Gasteiger partial charge on any atom is 0.103 e. The lowest BCUT2D eigenvalue weighted by Gasteiger charge is -2.03. The summed E-state index contributed by atoms with van der Waals surface area (Å²) in [5.74, 6) is 0.652. The molecule has 0 amide bonds. The molecule has 1 aliphatic carbocycles. The topological polar surface area (TPSA) is 47.6 Å². The highest BCUT2D eigenvalue weighted by atomic mass is 14.3. The van der Waals surface area contributed by atoms with E-state index in [1.165, 1.54) is 0 Å². The summed E-state index contributed by atoms with van der Waals surface area (Å²) in [5, 5.41) is 16.9. The van der Waals surface area contributed by atoms with Crippen LogP contribution in [0.2, 0.25) is 0 Å². The summed E-state index contributed by atoms with van der Waals surface area (Å²) in [6.07, 6.45) is 5.66. The summed E-state index contributed by atoms with van der Waals surface area (Å²) in [6.45, 7) is 0. The van der Waals surface area contributed by atoms with Crippen LogP contribution in [0.25, 0.3) is 0 Å². The first-order chi connectivity index (χ1) is 4.86. The number of nitrogens with zero attached hydrogens (tertiary/aromatic N) is 2. The van der Waals surface area contributed by atoms with Gasteiger partial charge in [0.25, 0.3) is 0 Å². The van der Waals surface area contributed by atoms with Crippen LogP contribution in [0.4, 0.5) is 0 Å². The molecule has 0 spiro atoms. The van der Waals surface area contributed by atoms with Crippen molar-refractivity contribution in [1.82, 2.24) is 0 Å². The Morgan fingerprint density at radius 1 is 1.30 bits per heavy atom. The lowest BCUT2D eigenvalue weighted by molar-refractivity contribution is 1.09. The summed E-state index contributed by atoms with van der Waals surface area (Å²) >= 11 is 0. The van der Waals surface area contributed by atoms with Crippen LogP contribution >= 0.6 is 0 Å². The molecule has 0 aromatic heterocycles. The minimum absolute atomic E-state index is 0.490. The first kappa shape index (κ1) is 6.58. The minimum atomic E-state index is 0.490. The normalized spacial score (nSPS) is 17.2. The molecule has 0 unspecified atom stereocenters. The van der Waals surface area contributed by atoms with Gasteiger partial charge in [-0.05, 0) is 6.08 Å². The van der Waals surface area contributed by atoms with Crippen LogP contribution in [-0.4, -0.2) is 0 Å². The van der Waals surface area contributed by atoms with E-state index in [0.717, 1.165) is 0 Å². The Labute approximate surface area is 59.7 Å². The Hall–Kier alpha value is -1.54. The zero-order valence-corrected chi connectivity index (χ0v) is 5.33. The molecule has 0 aromatic carbocycles. The van der Waals surface area contributed by atoms with E-state index < -0.39 is 0 Å². The van der Waals surface area contributed by atoms with E-state index in [4.69, 9.17) is 10.5 Å². The molecule has 1 radical (unpaired) electrons. The molecule has 0 heterocycles. The molecule has 1 rings (SSSR count). The molecular formula is C8H5N2. The van der Waals surface area contributed by atoms with Crippen molar-refractivity contribution in [2.75, 3.05) is 0 Å². The number of allylic oxidation sites excluding steroid dienone is 4. The van der Waals surface area contributed by atoms with E-state index in [-0.39, 0.29) is 0 Å². The number of hydrogen-bond acceptors (Lipinski definition) is 2. The maximum absolute atomic E-state index is 8.43. The van der Waals surface area contributed by atoms with Crippen molar-refractivity contribution < 1.29 is 0 Å². The molecule has 0 bridgehead atoms. The summed E-state index contributed by atoms with van der Waals surface area (Å²) in [6, 6.07) is 4.01. The smallest absolute Gasteiger partial charge is 0.103 e. The second kappa shape index (κ2) is 2.85. The molecule has 0 N–H and O–H groups in total. The molecule has 47 valence electrons. The predicted octanol–water partition coefficient (Wildman–Crippen LogP) is 1.49. The van der Waals surface area contributed by atoms with Gasteiger partial charge in [0.2, 0.25) is 0 Å². The molecular weight excluding hydrogens is 124 g/mol. The van der Waals surface area contributed by atoms with Gasteiger partial charge in [0.1, 0.15) is 5.92 Å². The average Bonchev–Trinajstić information content (AvgIpc) is 2.05. The molecule has 0 atom stereocenters. The van der Waals surface area contributed by atoms with Gasteiger partial charge in [-0.3, -0.25) is 0 Å². The van der Waals surface area contributed by atoms with E-state index in [1.54, 1.807) is 18.2 Å².